The van der Waals surface area contributed by atoms with E-state index in [1.54, 1.807) is 21.3 Å². The van der Waals surface area contributed by atoms with E-state index in [4.69, 9.17) is 18.9 Å². The second kappa shape index (κ2) is 8.88. The summed E-state index contributed by atoms with van der Waals surface area (Å²) in [6, 6.07) is 16.0. The van der Waals surface area contributed by atoms with E-state index in [0.717, 1.165) is 39.0 Å². The van der Waals surface area contributed by atoms with Crippen molar-refractivity contribution in [3.63, 3.8) is 0 Å². The molecule has 6 nitrogen and oxygen atoms in total. The Morgan fingerprint density at radius 1 is 0.800 bits per heavy atom. The van der Waals surface area contributed by atoms with Gasteiger partial charge in [-0.2, -0.15) is 0 Å². The molecule has 2 heterocycles. The van der Waals surface area contributed by atoms with E-state index in [1.165, 1.54) is 0 Å². The fraction of sp³-hybridized carbons (Fsp3) is 0.208. The molecule has 2 aromatic heterocycles. The third-order valence-electron chi connectivity index (χ3n) is 4.97. The Morgan fingerprint density at radius 2 is 1.63 bits per heavy atom. The Bertz CT molecular complexity index is 1150. The monoisotopic (exact) mass is 404 g/mol. The van der Waals surface area contributed by atoms with Crippen molar-refractivity contribution >= 4 is 11.0 Å². The molecular formula is C24H24N2O4. The topological polar surface area (TPSA) is 65.6 Å². The number of ether oxygens (including phenoxy) is 4. The van der Waals surface area contributed by atoms with E-state index < -0.39 is 0 Å². The Kier molecular flexibility index (Phi) is 5.86. The second-order valence-corrected chi connectivity index (χ2v) is 6.73. The molecule has 0 fully saturated rings. The number of rotatable bonds is 8. The highest BCUT2D eigenvalue weighted by molar-refractivity contribution is 5.97. The van der Waals surface area contributed by atoms with Gasteiger partial charge in [-0.3, -0.25) is 0 Å². The molecule has 0 unspecified atom stereocenters. The molecule has 4 rings (SSSR count). The molecule has 154 valence electrons. The number of nitrogens with zero attached hydrogens (tertiary/aromatic N) is 1. The van der Waals surface area contributed by atoms with Crippen molar-refractivity contribution in [3.05, 3.63) is 60.9 Å². The van der Waals surface area contributed by atoms with Crippen molar-refractivity contribution in [3.8, 4) is 39.5 Å². The number of pyridine rings is 1. The summed E-state index contributed by atoms with van der Waals surface area (Å²) in [7, 11) is 4.96. The number of para-hydroxylation sites is 1. The summed E-state index contributed by atoms with van der Waals surface area (Å²) in [6.45, 7) is 0.982. The zero-order valence-electron chi connectivity index (χ0n) is 17.3. The molecule has 6 heteroatoms. The fourth-order valence-electron chi connectivity index (χ4n) is 3.45. The molecule has 0 saturated heterocycles. The van der Waals surface area contributed by atoms with Crippen LogP contribution in [0, 0.1) is 0 Å². The number of hydrogen-bond acceptors (Lipinski definition) is 5. The molecule has 0 aliphatic heterocycles. The van der Waals surface area contributed by atoms with E-state index in [-0.39, 0.29) is 0 Å². The van der Waals surface area contributed by atoms with E-state index >= 15 is 0 Å². The number of fused-ring (bicyclic) bond motifs is 1. The average Bonchev–Trinajstić information content (AvgIpc) is 3.22. The van der Waals surface area contributed by atoms with E-state index in [1.807, 2.05) is 54.9 Å². The largest absolute Gasteiger partial charge is 0.496 e. The van der Waals surface area contributed by atoms with Gasteiger partial charge in [0.2, 0.25) is 0 Å². The minimum atomic E-state index is 0.464. The van der Waals surface area contributed by atoms with Gasteiger partial charge in [0.1, 0.15) is 18.0 Å². The molecule has 0 bridgehead atoms. The molecule has 0 saturated carbocycles. The summed E-state index contributed by atoms with van der Waals surface area (Å²) in [4.78, 5) is 7.87. The number of nitrogens with one attached hydrogen (secondary N) is 1. The van der Waals surface area contributed by atoms with Crippen LogP contribution in [0.1, 0.15) is 0 Å². The van der Waals surface area contributed by atoms with Gasteiger partial charge in [0.05, 0.1) is 20.8 Å². The SMILES string of the molecule is COCCOc1ccc(-c2cnc3[nH]cc(-c4ccccc4OC)c3c2)cc1OC. The first-order valence-corrected chi connectivity index (χ1v) is 9.66. The summed E-state index contributed by atoms with van der Waals surface area (Å²) in [5.74, 6) is 2.18. The molecule has 1 N–H and O–H groups in total. The standard InChI is InChI=1S/C24H24N2O4/c1-27-10-11-30-22-9-8-16(13-23(22)29-3)17-12-19-20(15-26-24(19)25-14-17)18-6-4-5-7-21(18)28-2/h4-9,12-15H,10-11H2,1-3H3,(H,25,26). The molecule has 0 radical (unpaired) electrons. The lowest BCUT2D eigenvalue weighted by Crippen LogP contribution is -2.05. The van der Waals surface area contributed by atoms with Gasteiger partial charge in [0, 0.05) is 41.6 Å². The molecule has 0 aliphatic rings. The van der Waals surface area contributed by atoms with Crippen LogP contribution >= 0.6 is 0 Å². The summed E-state index contributed by atoms with van der Waals surface area (Å²) >= 11 is 0. The normalized spacial score (nSPS) is 10.9. The van der Waals surface area contributed by atoms with Crippen molar-refractivity contribution in [2.24, 2.45) is 0 Å². The molecule has 0 atom stereocenters. The number of aromatic amines is 1. The first kappa shape index (κ1) is 19.8. The van der Waals surface area contributed by atoms with Gasteiger partial charge in [-0.1, -0.05) is 24.3 Å². The predicted molar refractivity (Wildman–Crippen MR) is 117 cm³/mol. The quantitative estimate of drug-likeness (QED) is 0.422. The van der Waals surface area contributed by atoms with Crippen molar-refractivity contribution < 1.29 is 18.9 Å². The number of H-pyrrole nitrogens is 1. The lowest BCUT2D eigenvalue weighted by Gasteiger charge is -2.12. The van der Waals surface area contributed by atoms with Crippen LogP contribution < -0.4 is 14.2 Å². The smallest absolute Gasteiger partial charge is 0.161 e. The maximum absolute atomic E-state index is 5.74. The molecule has 4 aromatic rings. The van der Waals surface area contributed by atoms with Crippen LogP contribution in [0.3, 0.4) is 0 Å². The number of hydrogen-bond donors (Lipinski definition) is 1. The van der Waals surface area contributed by atoms with Crippen LogP contribution in [0.25, 0.3) is 33.3 Å². The first-order chi connectivity index (χ1) is 14.7. The van der Waals surface area contributed by atoms with E-state index in [2.05, 4.69) is 16.0 Å². The third-order valence-corrected chi connectivity index (χ3v) is 4.97. The first-order valence-electron chi connectivity index (χ1n) is 9.66. The summed E-state index contributed by atoms with van der Waals surface area (Å²) in [6.07, 6.45) is 3.82. The summed E-state index contributed by atoms with van der Waals surface area (Å²) < 4.78 is 21.8. The molecule has 2 aromatic carbocycles. The Balaban J connectivity index is 1.73. The average molecular weight is 404 g/mol. The number of benzene rings is 2. The second-order valence-electron chi connectivity index (χ2n) is 6.73. The fourth-order valence-corrected chi connectivity index (χ4v) is 3.45. The maximum atomic E-state index is 5.74. The van der Waals surface area contributed by atoms with Crippen LogP contribution in [0.4, 0.5) is 0 Å². The molecule has 0 aliphatic carbocycles. The maximum Gasteiger partial charge on any atom is 0.161 e. The van der Waals surface area contributed by atoms with Gasteiger partial charge >= 0.3 is 0 Å². The van der Waals surface area contributed by atoms with Gasteiger partial charge in [-0.15, -0.1) is 0 Å². The van der Waals surface area contributed by atoms with Crippen LogP contribution in [0.5, 0.6) is 17.2 Å². The number of methoxy groups -OCH3 is 3. The van der Waals surface area contributed by atoms with Gasteiger partial charge in [0.25, 0.3) is 0 Å². The summed E-state index contributed by atoms with van der Waals surface area (Å²) in [5.41, 5.74) is 4.87. The Labute approximate surface area is 175 Å². The highest BCUT2D eigenvalue weighted by Crippen LogP contribution is 2.37. The van der Waals surface area contributed by atoms with Crippen molar-refractivity contribution in [1.29, 1.82) is 0 Å². The van der Waals surface area contributed by atoms with Gasteiger partial charge in [-0.25, -0.2) is 4.98 Å². The molecular weight excluding hydrogens is 380 g/mol. The van der Waals surface area contributed by atoms with Gasteiger partial charge in [-0.05, 0) is 29.8 Å². The molecule has 0 amide bonds. The number of aromatic nitrogens is 2. The van der Waals surface area contributed by atoms with Crippen LogP contribution in [0.2, 0.25) is 0 Å². The van der Waals surface area contributed by atoms with Crippen LogP contribution in [0.15, 0.2) is 60.9 Å². The third kappa shape index (κ3) is 3.82. The Morgan fingerprint density at radius 3 is 2.43 bits per heavy atom. The lowest BCUT2D eigenvalue weighted by atomic mass is 10.0. The van der Waals surface area contributed by atoms with Crippen molar-refractivity contribution in [2.45, 2.75) is 0 Å². The Hall–Kier alpha value is -3.51. The highest BCUT2D eigenvalue weighted by atomic mass is 16.5. The minimum Gasteiger partial charge on any atom is -0.496 e. The van der Waals surface area contributed by atoms with Crippen LogP contribution in [-0.2, 0) is 4.74 Å². The zero-order chi connectivity index (χ0) is 20.9. The van der Waals surface area contributed by atoms with Gasteiger partial charge < -0.3 is 23.9 Å². The highest BCUT2D eigenvalue weighted by Gasteiger charge is 2.13. The van der Waals surface area contributed by atoms with E-state index in [9.17, 15) is 0 Å². The van der Waals surface area contributed by atoms with E-state index in [0.29, 0.717) is 24.7 Å². The van der Waals surface area contributed by atoms with Crippen LogP contribution in [-0.4, -0.2) is 44.5 Å². The molecule has 30 heavy (non-hydrogen) atoms. The molecule has 0 spiro atoms. The van der Waals surface area contributed by atoms with Crippen molar-refractivity contribution in [2.75, 3.05) is 34.5 Å². The van der Waals surface area contributed by atoms with Crippen molar-refractivity contribution in [1.82, 2.24) is 9.97 Å². The summed E-state index contributed by atoms with van der Waals surface area (Å²) in [5, 5.41) is 1.02. The zero-order valence-corrected chi connectivity index (χ0v) is 17.3. The lowest BCUT2D eigenvalue weighted by molar-refractivity contribution is 0.144. The minimum absolute atomic E-state index is 0.464. The predicted octanol–water partition coefficient (Wildman–Crippen LogP) is 4.94. The van der Waals surface area contributed by atoms with Gasteiger partial charge in [0.15, 0.2) is 11.5 Å².